The Morgan fingerprint density at radius 1 is 0.284 bits per heavy atom. The molecule has 0 spiro atoms. The van der Waals surface area contributed by atoms with E-state index in [1.807, 2.05) is 19.1 Å². The standard InChI is InChI=1S/C20H31BO3.3C15H22O.C14H21BO3.C9H12.C8H16.2Ar/c1-14-7-10-16(11-8-14)22-18-13-15(2)9-12-17(18)21-23-19(3,4)20(5,6)24-21;3*1-11-5-8-14(9-6-11)16-15-10-12(2)4-7-13(15)3;1-10-3-6-12(7-4-10)18-14-9-11(2)5-8-13(14)15(16)17;1-7-4-5-8(2)9(3)6-7;1-7-3-5-8(2)6-4-7;;/h9,12-14,16H,7-8,10-11H2,1-6H3;3*4,7,10-11,14H,5-6,8-9H2,1-3H3;5,8-10,12,16-17H,3-4,6-7H2,1-2H3;4-6H,1-3H3;7-8H,3-6H2,1-2H3;;. The number of benzene rings is 6. The fourth-order valence-corrected chi connectivity index (χ4v) is 15.3. The fourth-order valence-electron chi connectivity index (χ4n) is 15.3. The van der Waals surface area contributed by atoms with Crippen LogP contribution in [0.25, 0.3) is 0 Å². The van der Waals surface area contributed by atoms with Crippen LogP contribution in [0.3, 0.4) is 0 Å². The first kappa shape index (κ1) is 96.4. The van der Waals surface area contributed by atoms with Crippen LogP contribution in [0.5, 0.6) is 28.7 Å². The van der Waals surface area contributed by atoms with Crippen LogP contribution in [-0.2, 0) is 9.31 Å². The predicted molar refractivity (Wildman–Crippen MR) is 453 cm³/mol. The maximum atomic E-state index is 9.34. The van der Waals surface area contributed by atoms with Crippen LogP contribution >= 0.6 is 0 Å². The molecule has 6 aliphatic carbocycles. The van der Waals surface area contributed by atoms with Crippen molar-refractivity contribution >= 4 is 25.2 Å². The van der Waals surface area contributed by atoms with Crippen LogP contribution in [0.4, 0.5) is 0 Å². The Kier molecular flexibility index (Phi) is 42.2. The number of aryl methyl sites for hydroxylation is 11. The van der Waals surface area contributed by atoms with E-state index < -0.39 is 7.12 Å². The summed E-state index contributed by atoms with van der Waals surface area (Å²) in [4.78, 5) is 0. The van der Waals surface area contributed by atoms with Gasteiger partial charge in [-0.05, 0) is 360 Å². The average Bonchev–Trinajstić information content (AvgIpc) is 1.59. The smallest absolute Gasteiger partial charge is 0.491 e. The van der Waals surface area contributed by atoms with Gasteiger partial charge in [0.05, 0.1) is 41.7 Å². The maximum Gasteiger partial charge on any atom is 0.498 e. The molecule has 2 N–H and O–H groups in total. The van der Waals surface area contributed by atoms with Crippen molar-refractivity contribution in [2.24, 2.45) is 41.4 Å². The van der Waals surface area contributed by atoms with Gasteiger partial charge in [-0.2, -0.15) is 0 Å². The molecule has 0 amide bonds. The average molecular weight is 1550 g/mol. The minimum absolute atomic E-state index is 0. The Bertz CT molecular complexity index is 3390. The SMILES string of the molecule is CC1CCC(C)CC1.Cc1ccc(B(O)O)c(OC2CCC(C)CC2)c1.Cc1ccc(B2OC(C)(C)C(C)(C)O2)c(OC2CCC(C)CC2)c1.Cc1ccc(C)c(C)c1.Cc1ccc(C)c(OC2CCC(C)CC2)c1.Cc1ccc(C)c(OC2CCC(C)CC2)c1.Cc1ccc(C)c(OC2CCC(C)CC2)c1.[Ar].[Ar]. The van der Waals surface area contributed by atoms with E-state index >= 15 is 0 Å². The molecular weight excluding hydrogens is 1400 g/mol. The molecule has 1 heterocycles. The van der Waals surface area contributed by atoms with Gasteiger partial charge in [0.1, 0.15) is 28.7 Å². The minimum atomic E-state index is -1.47. The molecule has 0 atom stereocenters. The topological polar surface area (TPSA) is 105 Å². The summed E-state index contributed by atoms with van der Waals surface area (Å²) in [7, 11) is -1.84. The molecule has 6 aromatic carbocycles. The minimum Gasteiger partial charge on any atom is -0.491 e. The summed E-state index contributed by atoms with van der Waals surface area (Å²) in [5.74, 6) is 11.1. The van der Waals surface area contributed by atoms with E-state index in [2.05, 4.69) is 236 Å². The molecule has 606 valence electrons. The van der Waals surface area contributed by atoms with Crippen LogP contribution < -0.4 is 34.6 Å². The zero-order valence-electron chi connectivity index (χ0n) is 71.9. The second kappa shape index (κ2) is 47.7. The van der Waals surface area contributed by atoms with E-state index in [0.717, 1.165) is 101 Å². The van der Waals surface area contributed by atoms with Crippen molar-refractivity contribution in [2.45, 2.75) is 348 Å². The third kappa shape index (κ3) is 33.5. The van der Waals surface area contributed by atoms with Crippen molar-refractivity contribution in [2.75, 3.05) is 0 Å². The normalized spacial score (nSPS) is 25.2. The van der Waals surface area contributed by atoms with Gasteiger partial charge >= 0.3 is 14.2 Å². The van der Waals surface area contributed by atoms with Crippen LogP contribution in [-0.4, -0.2) is 66.0 Å². The van der Waals surface area contributed by atoms with Crippen molar-refractivity contribution in [3.63, 3.8) is 0 Å². The molecule has 0 aromatic heterocycles. The van der Waals surface area contributed by atoms with Crippen LogP contribution in [0.1, 0.15) is 291 Å². The number of ether oxygens (including phenoxy) is 5. The van der Waals surface area contributed by atoms with E-state index in [9.17, 15) is 10.0 Å². The van der Waals surface area contributed by atoms with Crippen LogP contribution in [0.2, 0.25) is 0 Å². The molecule has 0 unspecified atom stereocenters. The first-order valence-corrected chi connectivity index (χ1v) is 42.2. The number of hydrogen-bond acceptors (Lipinski definition) is 9. The molecule has 6 saturated carbocycles. The van der Waals surface area contributed by atoms with E-state index in [4.69, 9.17) is 33.0 Å². The van der Waals surface area contributed by atoms with Gasteiger partial charge in [0.2, 0.25) is 0 Å². The number of hydrogen-bond donors (Lipinski definition) is 2. The van der Waals surface area contributed by atoms with Crippen molar-refractivity contribution < 1.29 is 119 Å². The molecule has 6 aromatic rings. The van der Waals surface area contributed by atoms with E-state index in [1.165, 1.54) is 184 Å². The molecule has 13 heteroatoms. The van der Waals surface area contributed by atoms with Crippen molar-refractivity contribution in [1.82, 2.24) is 0 Å². The van der Waals surface area contributed by atoms with E-state index in [1.54, 1.807) is 6.07 Å². The van der Waals surface area contributed by atoms with Gasteiger partial charge in [-0.15, -0.1) is 0 Å². The number of rotatable bonds is 12. The summed E-state index contributed by atoms with van der Waals surface area (Å²) in [6, 6.07) is 37.7. The molecule has 0 radical (unpaired) electrons. The first-order valence-electron chi connectivity index (χ1n) is 42.2. The molecule has 7 aliphatic rings. The molecule has 1 saturated heterocycles. The van der Waals surface area contributed by atoms with Gasteiger partial charge < -0.3 is 43.0 Å². The molecule has 9 nitrogen and oxygen atoms in total. The summed E-state index contributed by atoms with van der Waals surface area (Å²) in [5, 5.41) is 18.7. The maximum absolute atomic E-state index is 9.34. The quantitative estimate of drug-likeness (QED) is 0.116. The van der Waals surface area contributed by atoms with Crippen molar-refractivity contribution in [1.29, 1.82) is 0 Å². The van der Waals surface area contributed by atoms with Gasteiger partial charge in [0.15, 0.2) is 0 Å². The summed E-state index contributed by atoms with van der Waals surface area (Å²) in [5.41, 5.74) is 14.8. The third-order valence-corrected chi connectivity index (χ3v) is 24.4. The Morgan fingerprint density at radius 3 is 0.780 bits per heavy atom. The zero-order chi connectivity index (χ0) is 78.1. The summed E-state index contributed by atoms with van der Waals surface area (Å²) in [6.45, 7) is 47.9. The molecule has 1 aliphatic heterocycles. The van der Waals surface area contributed by atoms with E-state index in [0.29, 0.717) is 35.6 Å². The van der Waals surface area contributed by atoms with Gasteiger partial charge in [-0.25, -0.2) is 0 Å². The predicted octanol–water partition coefficient (Wildman–Crippen LogP) is 24.1. The monoisotopic (exact) mass is 1550 g/mol. The molecular formula is C96H146Ar2B2O9. The Hall–Kier alpha value is -3.19. The first-order chi connectivity index (χ1) is 50.7. The zero-order valence-corrected chi connectivity index (χ0v) is 73.3. The Balaban J connectivity index is 0.000000232. The molecule has 13 rings (SSSR count). The van der Waals surface area contributed by atoms with Crippen LogP contribution in [0, 0.1) is 193 Å². The summed E-state index contributed by atoms with van der Waals surface area (Å²) < 4.78 is 43.2. The summed E-state index contributed by atoms with van der Waals surface area (Å²) in [6.07, 6.45) is 32.2. The molecule has 0 bridgehead atoms. The largest absolute Gasteiger partial charge is 0.498 e. The van der Waals surface area contributed by atoms with Gasteiger partial charge in [-0.3, -0.25) is 0 Å². The fraction of sp³-hybridized carbons (Fsp3) is 0.625. The van der Waals surface area contributed by atoms with Gasteiger partial charge in [0.25, 0.3) is 0 Å². The van der Waals surface area contributed by atoms with Gasteiger partial charge in [0, 0.05) is 86.4 Å². The van der Waals surface area contributed by atoms with Crippen molar-refractivity contribution in [3.05, 3.63) is 170 Å². The summed E-state index contributed by atoms with van der Waals surface area (Å²) >= 11 is 0. The molecule has 7 fully saturated rings. The second-order valence-electron chi connectivity index (χ2n) is 35.8. The van der Waals surface area contributed by atoms with Crippen LogP contribution in [0.15, 0.2) is 109 Å². The Labute approximate surface area is 725 Å². The van der Waals surface area contributed by atoms with Crippen molar-refractivity contribution in [3.8, 4) is 28.7 Å². The second-order valence-corrected chi connectivity index (χ2v) is 35.8. The van der Waals surface area contributed by atoms with Gasteiger partial charge in [-0.1, -0.05) is 159 Å². The third-order valence-electron chi connectivity index (χ3n) is 24.4. The Morgan fingerprint density at radius 2 is 0.505 bits per heavy atom. The molecule has 109 heavy (non-hydrogen) atoms. The van der Waals surface area contributed by atoms with E-state index in [-0.39, 0.29) is 99.9 Å².